The van der Waals surface area contributed by atoms with Gasteiger partial charge in [-0.1, -0.05) is 24.3 Å². The molecule has 0 saturated heterocycles. The lowest BCUT2D eigenvalue weighted by molar-refractivity contribution is 0.0964. The first-order valence-electron chi connectivity index (χ1n) is 10.1. The Bertz CT molecular complexity index is 782. The van der Waals surface area contributed by atoms with Crippen LogP contribution in [0.4, 0.5) is 0 Å². The predicted octanol–water partition coefficient (Wildman–Crippen LogP) is 3.48. The van der Waals surface area contributed by atoms with Gasteiger partial charge in [0.05, 0.1) is 0 Å². The summed E-state index contributed by atoms with van der Waals surface area (Å²) in [5.41, 5.74) is 6.21. The van der Waals surface area contributed by atoms with Crippen LogP contribution in [0.3, 0.4) is 0 Å². The van der Waals surface area contributed by atoms with E-state index in [1.807, 2.05) is 36.4 Å². The van der Waals surface area contributed by atoms with Gasteiger partial charge in [-0.15, -0.1) is 0 Å². The monoisotopic (exact) mass is 380 g/mol. The number of Topliss-reactive ketones (excluding diaryl/α,β-unsaturated/α-hetero) is 2. The molecule has 2 aliphatic rings. The van der Waals surface area contributed by atoms with Gasteiger partial charge < -0.3 is 10.2 Å². The fourth-order valence-electron chi connectivity index (χ4n) is 3.92. The third-order valence-electron chi connectivity index (χ3n) is 5.45. The van der Waals surface area contributed by atoms with Crippen LogP contribution in [0.25, 0.3) is 0 Å². The van der Waals surface area contributed by atoms with E-state index in [2.05, 4.69) is 0 Å². The van der Waals surface area contributed by atoms with Gasteiger partial charge in [0.15, 0.2) is 11.6 Å². The standard InChI is InChI=1S/2C12H14O2/c2*13-7-6-9-4-5-10-2-1-3-12(14)11(10)8-9/h2*4-5,8,13H,1-3,6-7H2. The second-order valence-electron chi connectivity index (χ2n) is 7.48. The molecule has 2 aliphatic carbocycles. The summed E-state index contributed by atoms with van der Waals surface area (Å²) in [6.45, 7) is 0.292. The molecule has 4 rings (SSSR count). The summed E-state index contributed by atoms with van der Waals surface area (Å²) in [5.74, 6) is 0.511. The summed E-state index contributed by atoms with van der Waals surface area (Å²) >= 11 is 0. The Morgan fingerprint density at radius 3 is 1.46 bits per heavy atom. The molecule has 4 heteroatoms. The molecule has 148 valence electrons. The second-order valence-corrected chi connectivity index (χ2v) is 7.48. The Morgan fingerprint density at radius 2 is 1.07 bits per heavy atom. The van der Waals surface area contributed by atoms with Crippen LogP contribution in [-0.2, 0) is 25.7 Å². The Hall–Kier alpha value is -2.30. The number of rotatable bonds is 4. The third-order valence-corrected chi connectivity index (χ3v) is 5.45. The smallest absolute Gasteiger partial charge is 0.163 e. The van der Waals surface area contributed by atoms with E-state index < -0.39 is 0 Å². The Balaban J connectivity index is 0.000000161. The van der Waals surface area contributed by atoms with Crippen LogP contribution in [0.15, 0.2) is 36.4 Å². The first-order chi connectivity index (χ1) is 13.6. The molecular weight excluding hydrogens is 352 g/mol. The highest BCUT2D eigenvalue weighted by Gasteiger charge is 2.17. The number of fused-ring (bicyclic) bond motifs is 2. The number of aliphatic hydroxyl groups is 2. The minimum absolute atomic E-state index is 0.146. The van der Waals surface area contributed by atoms with Crippen LogP contribution >= 0.6 is 0 Å². The summed E-state index contributed by atoms with van der Waals surface area (Å²) in [4.78, 5) is 23.2. The average molecular weight is 380 g/mol. The zero-order chi connectivity index (χ0) is 19.9. The molecular formula is C24H28O4. The fourth-order valence-corrected chi connectivity index (χ4v) is 3.92. The van der Waals surface area contributed by atoms with Crippen molar-refractivity contribution in [2.24, 2.45) is 0 Å². The van der Waals surface area contributed by atoms with Gasteiger partial charge in [-0.2, -0.15) is 0 Å². The van der Waals surface area contributed by atoms with Gasteiger partial charge in [0, 0.05) is 37.2 Å². The maximum atomic E-state index is 11.6. The quantitative estimate of drug-likeness (QED) is 0.852. The van der Waals surface area contributed by atoms with Crippen LogP contribution in [0, 0.1) is 0 Å². The fraction of sp³-hybridized carbons (Fsp3) is 0.417. The summed E-state index contributed by atoms with van der Waals surface area (Å²) in [6, 6.07) is 11.9. The molecule has 0 aliphatic heterocycles. The van der Waals surface area contributed by atoms with Crippen molar-refractivity contribution in [2.75, 3.05) is 13.2 Å². The highest BCUT2D eigenvalue weighted by Crippen LogP contribution is 2.23. The number of aryl methyl sites for hydroxylation is 2. The molecule has 0 saturated carbocycles. The Labute approximate surface area is 166 Å². The zero-order valence-corrected chi connectivity index (χ0v) is 16.2. The van der Waals surface area contributed by atoms with Crippen molar-refractivity contribution >= 4 is 11.6 Å². The van der Waals surface area contributed by atoms with Gasteiger partial charge >= 0.3 is 0 Å². The van der Waals surface area contributed by atoms with Crippen molar-refractivity contribution in [2.45, 2.75) is 51.4 Å². The van der Waals surface area contributed by atoms with Crippen molar-refractivity contribution in [3.63, 3.8) is 0 Å². The molecule has 0 radical (unpaired) electrons. The molecule has 28 heavy (non-hydrogen) atoms. The Kier molecular flexibility index (Phi) is 7.12. The molecule has 4 nitrogen and oxygen atoms in total. The van der Waals surface area contributed by atoms with E-state index in [0.29, 0.717) is 25.7 Å². The van der Waals surface area contributed by atoms with Crippen molar-refractivity contribution in [3.05, 3.63) is 69.8 Å². The summed E-state index contributed by atoms with van der Waals surface area (Å²) < 4.78 is 0. The molecule has 0 heterocycles. The van der Waals surface area contributed by atoms with Crippen molar-refractivity contribution < 1.29 is 19.8 Å². The van der Waals surface area contributed by atoms with E-state index in [-0.39, 0.29) is 24.8 Å². The largest absolute Gasteiger partial charge is 0.396 e. The first kappa shape index (κ1) is 20.4. The number of carbonyl (C=O) groups is 2. The van der Waals surface area contributed by atoms with E-state index >= 15 is 0 Å². The SMILES string of the molecule is O=C1CCCc2ccc(CCO)cc21.O=C1CCCc2ccc(CCO)cc21. The van der Waals surface area contributed by atoms with E-state index in [1.54, 1.807) is 0 Å². The van der Waals surface area contributed by atoms with Gasteiger partial charge in [0.1, 0.15) is 0 Å². The summed E-state index contributed by atoms with van der Waals surface area (Å²) in [5, 5.41) is 17.6. The minimum atomic E-state index is 0.146. The Morgan fingerprint density at radius 1 is 0.643 bits per heavy atom. The second kappa shape index (κ2) is 9.76. The van der Waals surface area contributed by atoms with Crippen LogP contribution in [-0.4, -0.2) is 35.0 Å². The minimum Gasteiger partial charge on any atom is -0.396 e. The van der Waals surface area contributed by atoms with Gasteiger partial charge in [-0.05, 0) is 72.9 Å². The van der Waals surface area contributed by atoms with Gasteiger partial charge in [0.25, 0.3) is 0 Å². The molecule has 0 atom stereocenters. The van der Waals surface area contributed by atoms with E-state index in [0.717, 1.165) is 47.9 Å². The predicted molar refractivity (Wildman–Crippen MR) is 109 cm³/mol. The zero-order valence-electron chi connectivity index (χ0n) is 16.2. The first-order valence-corrected chi connectivity index (χ1v) is 10.1. The van der Waals surface area contributed by atoms with Crippen molar-refractivity contribution in [1.29, 1.82) is 0 Å². The van der Waals surface area contributed by atoms with Crippen LogP contribution < -0.4 is 0 Å². The molecule has 0 amide bonds. The topological polar surface area (TPSA) is 74.6 Å². The lowest BCUT2D eigenvalue weighted by Gasteiger charge is -2.15. The highest BCUT2D eigenvalue weighted by atomic mass is 16.3. The van der Waals surface area contributed by atoms with Crippen molar-refractivity contribution in [3.8, 4) is 0 Å². The number of ketones is 2. The number of hydrogen-bond donors (Lipinski definition) is 2. The summed E-state index contributed by atoms with van der Waals surface area (Å²) in [6.07, 6.45) is 6.61. The lowest BCUT2D eigenvalue weighted by atomic mass is 9.89. The molecule has 0 fully saturated rings. The lowest BCUT2D eigenvalue weighted by Crippen LogP contribution is -2.11. The van der Waals surface area contributed by atoms with E-state index in [1.165, 1.54) is 11.1 Å². The van der Waals surface area contributed by atoms with Gasteiger partial charge in [-0.25, -0.2) is 0 Å². The molecule has 2 N–H and O–H groups in total. The van der Waals surface area contributed by atoms with Crippen LogP contribution in [0.5, 0.6) is 0 Å². The van der Waals surface area contributed by atoms with E-state index in [9.17, 15) is 9.59 Å². The maximum absolute atomic E-state index is 11.6. The molecule has 0 aromatic heterocycles. The number of benzene rings is 2. The normalized spacial score (nSPS) is 15.4. The van der Waals surface area contributed by atoms with Gasteiger partial charge in [0.2, 0.25) is 0 Å². The molecule has 0 bridgehead atoms. The summed E-state index contributed by atoms with van der Waals surface area (Å²) in [7, 11) is 0. The van der Waals surface area contributed by atoms with Crippen molar-refractivity contribution in [1.82, 2.24) is 0 Å². The molecule has 0 unspecified atom stereocenters. The molecule has 2 aromatic rings. The van der Waals surface area contributed by atoms with E-state index in [4.69, 9.17) is 10.2 Å². The molecule has 2 aromatic carbocycles. The maximum Gasteiger partial charge on any atom is 0.163 e. The van der Waals surface area contributed by atoms with Crippen LogP contribution in [0.2, 0.25) is 0 Å². The van der Waals surface area contributed by atoms with Gasteiger partial charge in [-0.3, -0.25) is 9.59 Å². The number of hydrogen-bond acceptors (Lipinski definition) is 4. The molecule has 0 spiro atoms. The highest BCUT2D eigenvalue weighted by molar-refractivity contribution is 5.99. The van der Waals surface area contributed by atoms with Crippen LogP contribution in [0.1, 0.15) is 68.7 Å². The number of aliphatic hydroxyl groups excluding tert-OH is 2. The third kappa shape index (κ3) is 4.94. The number of carbonyl (C=O) groups excluding carboxylic acids is 2. The average Bonchev–Trinajstić information content (AvgIpc) is 2.70.